The Bertz CT molecular complexity index is 1010. The maximum atomic E-state index is 13.0. The maximum absolute atomic E-state index is 13.0. The van der Waals surface area contributed by atoms with E-state index in [4.69, 9.17) is 15.5 Å². The fourth-order valence-corrected chi connectivity index (χ4v) is 4.23. The lowest BCUT2D eigenvalue weighted by Gasteiger charge is -2.27. The number of nitrogens with two attached hydrogens (primary N) is 1. The molecule has 2 aliphatic rings. The number of hydrogen-bond donors (Lipinski definition) is 3. The first kappa shape index (κ1) is 16.7. The monoisotopic (exact) mass is 384 g/mol. The molecule has 140 valence electrons. The fraction of sp³-hybridized carbons (Fsp3) is 0.389. The average molecular weight is 384 g/mol. The highest BCUT2D eigenvalue weighted by molar-refractivity contribution is 7.21. The standard InChI is InChI=1S/C18H20N6O2S/c19-10-9-12(10)20-15-14(17-21-11-3-1-2-4-13(11)27-17)16(25)23-18(22-15)24-5-7-26-8-6-24/h1-4,10,12H,5-9,19H2,(H2,20,22,23,25)/t10-,12?/m0/s1. The molecule has 9 heteroatoms. The van der Waals surface area contributed by atoms with E-state index in [9.17, 15) is 4.79 Å². The molecule has 2 atom stereocenters. The van der Waals surface area contributed by atoms with Gasteiger partial charge >= 0.3 is 0 Å². The van der Waals surface area contributed by atoms with E-state index >= 15 is 0 Å². The number of morpholine rings is 1. The largest absolute Gasteiger partial charge is 0.378 e. The summed E-state index contributed by atoms with van der Waals surface area (Å²) >= 11 is 1.49. The predicted molar refractivity (Wildman–Crippen MR) is 107 cm³/mol. The van der Waals surface area contributed by atoms with Gasteiger partial charge in [-0.25, -0.2) is 4.98 Å². The third-order valence-corrected chi connectivity index (χ3v) is 5.94. The molecular formula is C18H20N6O2S. The minimum Gasteiger partial charge on any atom is -0.378 e. The minimum atomic E-state index is -0.192. The van der Waals surface area contributed by atoms with Crippen LogP contribution in [0.5, 0.6) is 0 Å². The van der Waals surface area contributed by atoms with Gasteiger partial charge in [-0.3, -0.25) is 9.78 Å². The van der Waals surface area contributed by atoms with Crippen LogP contribution in [0.25, 0.3) is 20.8 Å². The number of fused-ring (bicyclic) bond motifs is 1. The van der Waals surface area contributed by atoms with E-state index in [1.165, 1.54) is 11.3 Å². The highest BCUT2D eigenvalue weighted by Gasteiger charge is 2.35. The van der Waals surface area contributed by atoms with E-state index < -0.39 is 0 Å². The van der Waals surface area contributed by atoms with Gasteiger partial charge in [-0.15, -0.1) is 11.3 Å². The van der Waals surface area contributed by atoms with Crippen molar-refractivity contribution in [1.82, 2.24) is 15.0 Å². The van der Waals surface area contributed by atoms with E-state index in [0.29, 0.717) is 48.6 Å². The third-order valence-electron chi connectivity index (χ3n) is 4.89. The van der Waals surface area contributed by atoms with Crippen molar-refractivity contribution in [1.29, 1.82) is 0 Å². The highest BCUT2D eigenvalue weighted by atomic mass is 32.1. The molecule has 2 aromatic heterocycles. The molecule has 3 heterocycles. The fourth-order valence-electron chi connectivity index (χ4n) is 3.22. The molecule has 5 rings (SSSR count). The van der Waals surface area contributed by atoms with Crippen molar-refractivity contribution in [2.75, 3.05) is 36.5 Å². The Hall–Kier alpha value is -2.49. The molecule has 0 amide bonds. The molecule has 1 saturated heterocycles. The van der Waals surface area contributed by atoms with Crippen LogP contribution in [0.2, 0.25) is 0 Å². The van der Waals surface area contributed by atoms with Crippen LogP contribution in [0.3, 0.4) is 0 Å². The van der Waals surface area contributed by atoms with E-state index in [0.717, 1.165) is 16.6 Å². The third kappa shape index (κ3) is 3.18. The second-order valence-electron chi connectivity index (χ2n) is 6.85. The van der Waals surface area contributed by atoms with E-state index in [1.54, 1.807) is 0 Å². The summed E-state index contributed by atoms with van der Waals surface area (Å²) in [6.07, 6.45) is 0.876. The van der Waals surface area contributed by atoms with Gasteiger partial charge in [-0.2, -0.15) is 4.98 Å². The van der Waals surface area contributed by atoms with Crippen molar-refractivity contribution < 1.29 is 4.74 Å². The molecule has 8 nitrogen and oxygen atoms in total. The first-order valence-electron chi connectivity index (χ1n) is 9.04. The molecule has 4 N–H and O–H groups in total. The van der Waals surface area contributed by atoms with Gasteiger partial charge in [0.15, 0.2) is 0 Å². The maximum Gasteiger partial charge on any atom is 0.264 e. The summed E-state index contributed by atoms with van der Waals surface area (Å²) in [5, 5.41) is 4.01. The number of anilines is 2. The number of hydrogen-bond acceptors (Lipinski definition) is 8. The minimum absolute atomic E-state index is 0.0983. The van der Waals surface area contributed by atoms with Crippen LogP contribution in [0.4, 0.5) is 11.8 Å². The Morgan fingerprint density at radius 1 is 1.26 bits per heavy atom. The van der Waals surface area contributed by atoms with Crippen molar-refractivity contribution in [2.24, 2.45) is 5.73 Å². The number of nitrogens with one attached hydrogen (secondary N) is 2. The van der Waals surface area contributed by atoms with Gasteiger partial charge in [0.1, 0.15) is 16.4 Å². The van der Waals surface area contributed by atoms with Crippen LogP contribution in [-0.4, -0.2) is 53.3 Å². The summed E-state index contributed by atoms with van der Waals surface area (Å²) in [5.41, 5.74) is 7.13. The number of H-pyrrole nitrogens is 1. The van der Waals surface area contributed by atoms with Crippen LogP contribution in [0.15, 0.2) is 29.1 Å². The molecule has 2 fully saturated rings. The quantitative estimate of drug-likeness (QED) is 0.624. The van der Waals surface area contributed by atoms with Gasteiger partial charge in [-0.05, 0) is 18.6 Å². The second kappa shape index (κ2) is 6.59. The molecule has 1 unspecified atom stereocenters. The lowest BCUT2D eigenvalue weighted by atomic mass is 10.3. The summed E-state index contributed by atoms with van der Waals surface area (Å²) in [5.74, 6) is 1.11. The van der Waals surface area contributed by atoms with Crippen molar-refractivity contribution in [3.63, 3.8) is 0 Å². The number of para-hydroxylation sites is 1. The van der Waals surface area contributed by atoms with E-state index in [2.05, 4.69) is 15.3 Å². The SMILES string of the molecule is N[C@H]1CC1Nc1nc(N2CCOCC2)[nH]c(=O)c1-c1nc2ccccc2s1. The number of ether oxygens (including phenoxy) is 1. The van der Waals surface area contributed by atoms with E-state index in [1.807, 2.05) is 29.2 Å². The number of thiazole rings is 1. The number of aromatic amines is 1. The number of benzene rings is 1. The van der Waals surface area contributed by atoms with Gasteiger partial charge in [0.2, 0.25) is 5.95 Å². The molecule has 27 heavy (non-hydrogen) atoms. The number of nitrogens with zero attached hydrogens (tertiary/aromatic N) is 3. The Morgan fingerprint density at radius 3 is 2.78 bits per heavy atom. The molecular weight excluding hydrogens is 364 g/mol. The lowest BCUT2D eigenvalue weighted by molar-refractivity contribution is 0.122. The van der Waals surface area contributed by atoms with Crippen molar-refractivity contribution >= 4 is 33.3 Å². The molecule has 1 aromatic carbocycles. The molecule has 3 aromatic rings. The molecule has 1 aliphatic heterocycles. The van der Waals surface area contributed by atoms with E-state index in [-0.39, 0.29) is 17.6 Å². The lowest BCUT2D eigenvalue weighted by Crippen LogP contribution is -2.38. The smallest absolute Gasteiger partial charge is 0.264 e. The van der Waals surface area contributed by atoms with Gasteiger partial charge in [0.05, 0.1) is 23.4 Å². The molecule has 1 saturated carbocycles. The summed E-state index contributed by atoms with van der Waals surface area (Å²) in [7, 11) is 0. The van der Waals surface area contributed by atoms with Crippen molar-refractivity contribution in [2.45, 2.75) is 18.5 Å². The Labute approximate surface area is 159 Å². The summed E-state index contributed by atoms with van der Waals surface area (Å²) in [6.45, 7) is 2.65. The number of aromatic nitrogens is 3. The summed E-state index contributed by atoms with van der Waals surface area (Å²) in [4.78, 5) is 27.4. The molecule has 0 radical (unpaired) electrons. The normalized spacial score (nSPS) is 22.2. The topological polar surface area (TPSA) is 109 Å². The first-order valence-corrected chi connectivity index (χ1v) is 9.86. The van der Waals surface area contributed by atoms with Crippen LogP contribution >= 0.6 is 11.3 Å². The van der Waals surface area contributed by atoms with Crippen molar-refractivity contribution in [3.8, 4) is 10.6 Å². The Balaban J connectivity index is 1.61. The average Bonchev–Trinajstić information content (AvgIpc) is 3.21. The predicted octanol–water partition coefficient (Wildman–Crippen LogP) is 1.39. The van der Waals surface area contributed by atoms with Crippen LogP contribution in [0.1, 0.15) is 6.42 Å². The van der Waals surface area contributed by atoms with Gasteiger partial charge < -0.3 is 20.7 Å². The molecule has 0 spiro atoms. The van der Waals surface area contributed by atoms with Crippen LogP contribution in [0, 0.1) is 0 Å². The van der Waals surface area contributed by atoms with Gasteiger partial charge in [0, 0.05) is 25.2 Å². The summed E-state index contributed by atoms with van der Waals surface area (Å²) < 4.78 is 6.44. The zero-order chi connectivity index (χ0) is 18.4. The molecule has 0 bridgehead atoms. The van der Waals surface area contributed by atoms with Gasteiger partial charge in [0.25, 0.3) is 5.56 Å². The zero-order valence-electron chi connectivity index (χ0n) is 14.6. The summed E-state index contributed by atoms with van der Waals surface area (Å²) in [6, 6.07) is 8.10. The highest BCUT2D eigenvalue weighted by Crippen LogP contribution is 2.34. The Morgan fingerprint density at radius 2 is 2.04 bits per heavy atom. The van der Waals surface area contributed by atoms with Crippen LogP contribution in [-0.2, 0) is 4.74 Å². The molecule has 1 aliphatic carbocycles. The first-order chi connectivity index (χ1) is 13.2. The Kier molecular flexibility index (Phi) is 4.07. The van der Waals surface area contributed by atoms with Crippen LogP contribution < -0.4 is 21.5 Å². The second-order valence-corrected chi connectivity index (χ2v) is 7.88. The van der Waals surface area contributed by atoms with Crippen molar-refractivity contribution in [3.05, 3.63) is 34.6 Å². The van der Waals surface area contributed by atoms with Gasteiger partial charge in [-0.1, -0.05) is 12.1 Å². The number of rotatable bonds is 4. The zero-order valence-corrected chi connectivity index (χ0v) is 15.5.